The largest absolute Gasteiger partial charge is 0.358 e. The van der Waals surface area contributed by atoms with Crippen LogP contribution in [0, 0.1) is 11.6 Å². The van der Waals surface area contributed by atoms with Crippen molar-refractivity contribution in [3.05, 3.63) is 35.4 Å². The summed E-state index contributed by atoms with van der Waals surface area (Å²) < 4.78 is 26.4. The molecule has 0 bridgehead atoms. The Morgan fingerprint density at radius 1 is 1.33 bits per heavy atom. The topological polar surface area (TPSA) is 61.4 Å². The lowest BCUT2D eigenvalue weighted by Gasteiger charge is -2.19. The fourth-order valence-electron chi connectivity index (χ4n) is 1.72. The van der Waals surface area contributed by atoms with E-state index in [0.717, 1.165) is 12.1 Å². The van der Waals surface area contributed by atoms with E-state index in [4.69, 9.17) is 0 Å². The van der Waals surface area contributed by atoms with Gasteiger partial charge in [0.1, 0.15) is 11.6 Å². The zero-order valence-electron chi connectivity index (χ0n) is 12.2. The predicted molar refractivity (Wildman–Crippen MR) is 74.5 cm³/mol. The maximum Gasteiger partial charge on any atom is 0.239 e. The highest BCUT2D eigenvalue weighted by atomic mass is 19.1. The molecule has 0 aromatic heterocycles. The Bertz CT molecular complexity index is 523. The summed E-state index contributed by atoms with van der Waals surface area (Å²) >= 11 is 0. The number of hydrogen-bond acceptors (Lipinski definition) is 3. The number of nitrogens with one attached hydrogen (secondary N) is 2. The van der Waals surface area contributed by atoms with Gasteiger partial charge in [0.15, 0.2) is 0 Å². The average Bonchev–Trinajstić information content (AvgIpc) is 2.43. The molecule has 5 nitrogen and oxygen atoms in total. The van der Waals surface area contributed by atoms with Crippen molar-refractivity contribution < 1.29 is 18.4 Å². The average molecular weight is 299 g/mol. The number of halogens is 2. The summed E-state index contributed by atoms with van der Waals surface area (Å²) in [7, 11) is 2.99. The second-order valence-electron chi connectivity index (χ2n) is 4.69. The van der Waals surface area contributed by atoms with Gasteiger partial charge < -0.3 is 15.5 Å². The van der Waals surface area contributed by atoms with Crippen molar-refractivity contribution in [2.45, 2.75) is 13.0 Å². The molecule has 1 rings (SSSR count). The van der Waals surface area contributed by atoms with E-state index in [1.807, 2.05) is 0 Å². The Labute approximate surface area is 122 Å². The summed E-state index contributed by atoms with van der Waals surface area (Å²) in [6, 6.07) is 2.84. The van der Waals surface area contributed by atoms with Crippen molar-refractivity contribution in [3.63, 3.8) is 0 Å². The van der Waals surface area contributed by atoms with Crippen LogP contribution in [0.25, 0.3) is 0 Å². The smallest absolute Gasteiger partial charge is 0.239 e. The van der Waals surface area contributed by atoms with Gasteiger partial charge in [-0.05, 0) is 13.0 Å². The summed E-state index contributed by atoms with van der Waals surface area (Å²) in [6.45, 7) is 1.57. The van der Waals surface area contributed by atoms with Crippen LogP contribution in [-0.2, 0) is 9.59 Å². The van der Waals surface area contributed by atoms with Crippen LogP contribution in [0.1, 0.15) is 18.5 Å². The van der Waals surface area contributed by atoms with Gasteiger partial charge in [-0.25, -0.2) is 8.78 Å². The molecule has 116 valence electrons. The third-order valence-corrected chi connectivity index (χ3v) is 3.07. The molecule has 0 aliphatic rings. The molecule has 7 heteroatoms. The number of benzene rings is 1. The van der Waals surface area contributed by atoms with E-state index in [-0.39, 0.29) is 30.5 Å². The third-order valence-electron chi connectivity index (χ3n) is 3.07. The number of carbonyl (C=O) groups is 2. The van der Waals surface area contributed by atoms with Gasteiger partial charge in [0, 0.05) is 31.8 Å². The van der Waals surface area contributed by atoms with Gasteiger partial charge in [-0.3, -0.25) is 9.59 Å². The molecule has 1 aromatic carbocycles. The van der Waals surface area contributed by atoms with Gasteiger partial charge in [-0.15, -0.1) is 0 Å². The fourth-order valence-corrected chi connectivity index (χ4v) is 1.72. The number of hydrogen-bond donors (Lipinski definition) is 2. The molecule has 1 aromatic rings. The first-order valence-electron chi connectivity index (χ1n) is 6.48. The molecule has 0 spiro atoms. The SMILES string of the molecule is CNC(=O)CN(C)C(=O)CN[C@H](C)c1ccc(F)cc1F. The van der Waals surface area contributed by atoms with Gasteiger partial charge in [0.05, 0.1) is 13.1 Å². The molecule has 0 saturated heterocycles. The molecule has 2 N–H and O–H groups in total. The molecular formula is C14H19F2N3O2. The minimum absolute atomic E-state index is 0.0453. The van der Waals surface area contributed by atoms with Crippen LogP contribution in [-0.4, -0.2) is 43.9 Å². The van der Waals surface area contributed by atoms with Crippen LogP contribution in [0.5, 0.6) is 0 Å². The van der Waals surface area contributed by atoms with Crippen LogP contribution >= 0.6 is 0 Å². The van der Waals surface area contributed by atoms with E-state index >= 15 is 0 Å². The molecule has 1 atom stereocenters. The molecule has 0 aliphatic heterocycles. The number of amides is 2. The first kappa shape index (κ1) is 17.0. The van der Waals surface area contributed by atoms with Crippen LogP contribution in [0.15, 0.2) is 18.2 Å². The summed E-state index contributed by atoms with van der Waals surface area (Å²) in [5.41, 5.74) is 0.276. The Morgan fingerprint density at radius 3 is 2.57 bits per heavy atom. The zero-order valence-corrected chi connectivity index (χ0v) is 12.2. The van der Waals surface area contributed by atoms with Crippen LogP contribution in [0.3, 0.4) is 0 Å². The standard InChI is InChI=1S/C14H19F2N3O2/c1-9(11-5-4-10(15)6-12(11)16)18-7-14(21)19(3)8-13(20)17-2/h4-6,9,18H,7-8H2,1-3H3,(H,17,20)/t9-/m1/s1. The molecule has 0 radical (unpaired) electrons. The number of carbonyl (C=O) groups excluding carboxylic acids is 2. The zero-order chi connectivity index (χ0) is 16.0. The lowest BCUT2D eigenvalue weighted by molar-refractivity contribution is -0.133. The Kier molecular flexibility index (Phi) is 6.23. The van der Waals surface area contributed by atoms with Crippen molar-refractivity contribution in [2.75, 3.05) is 27.2 Å². The van der Waals surface area contributed by atoms with Crippen molar-refractivity contribution in [3.8, 4) is 0 Å². The van der Waals surface area contributed by atoms with Gasteiger partial charge in [0.25, 0.3) is 0 Å². The van der Waals surface area contributed by atoms with Gasteiger partial charge in [-0.1, -0.05) is 6.07 Å². The summed E-state index contributed by atoms with van der Waals surface area (Å²) in [4.78, 5) is 24.2. The van der Waals surface area contributed by atoms with Crippen LogP contribution in [0.4, 0.5) is 8.78 Å². The Morgan fingerprint density at radius 2 is 2.00 bits per heavy atom. The predicted octanol–water partition coefficient (Wildman–Crippen LogP) is 0.820. The number of likely N-dealkylation sites (N-methyl/N-ethyl adjacent to an activating group) is 2. The first-order chi connectivity index (χ1) is 9.85. The Hall–Kier alpha value is -2.02. The molecular weight excluding hydrogens is 280 g/mol. The van der Waals surface area contributed by atoms with Crippen LogP contribution < -0.4 is 10.6 Å². The third kappa shape index (κ3) is 5.11. The summed E-state index contributed by atoms with van der Waals surface area (Å²) in [5.74, 6) is -1.89. The normalized spacial score (nSPS) is 11.9. The van der Waals surface area contributed by atoms with Gasteiger partial charge >= 0.3 is 0 Å². The molecule has 2 amide bonds. The molecule has 21 heavy (non-hydrogen) atoms. The van der Waals surface area contributed by atoms with E-state index in [1.165, 1.54) is 25.1 Å². The molecule has 0 heterocycles. The molecule has 0 saturated carbocycles. The Balaban J connectivity index is 2.54. The second-order valence-corrected chi connectivity index (χ2v) is 4.69. The lowest BCUT2D eigenvalue weighted by atomic mass is 10.1. The van der Waals surface area contributed by atoms with E-state index in [0.29, 0.717) is 0 Å². The quantitative estimate of drug-likeness (QED) is 0.817. The monoisotopic (exact) mass is 299 g/mol. The highest BCUT2D eigenvalue weighted by Gasteiger charge is 2.15. The maximum absolute atomic E-state index is 13.6. The van der Waals surface area contributed by atoms with E-state index in [1.54, 1.807) is 6.92 Å². The van der Waals surface area contributed by atoms with Crippen molar-refractivity contribution >= 4 is 11.8 Å². The van der Waals surface area contributed by atoms with E-state index in [9.17, 15) is 18.4 Å². The van der Waals surface area contributed by atoms with Crippen molar-refractivity contribution in [2.24, 2.45) is 0 Å². The van der Waals surface area contributed by atoms with Crippen molar-refractivity contribution in [1.82, 2.24) is 15.5 Å². The highest BCUT2D eigenvalue weighted by Crippen LogP contribution is 2.17. The van der Waals surface area contributed by atoms with E-state index < -0.39 is 17.7 Å². The van der Waals surface area contributed by atoms with E-state index in [2.05, 4.69) is 10.6 Å². The highest BCUT2D eigenvalue weighted by molar-refractivity contribution is 5.85. The van der Waals surface area contributed by atoms with Crippen LogP contribution in [0.2, 0.25) is 0 Å². The maximum atomic E-state index is 13.6. The lowest BCUT2D eigenvalue weighted by Crippen LogP contribution is -2.41. The summed E-state index contributed by atoms with van der Waals surface area (Å²) in [6.07, 6.45) is 0. The molecule has 0 unspecified atom stereocenters. The molecule has 0 aliphatic carbocycles. The van der Waals surface area contributed by atoms with Gasteiger partial charge in [-0.2, -0.15) is 0 Å². The first-order valence-corrected chi connectivity index (χ1v) is 6.48. The second kappa shape index (κ2) is 7.68. The minimum Gasteiger partial charge on any atom is -0.358 e. The number of nitrogens with zero attached hydrogens (tertiary/aromatic N) is 1. The number of rotatable bonds is 6. The van der Waals surface area contributed by atoms with Crippen molar-refractivity contribution in [1.29, 1.82) is 0 Å². The molecule has 0 fully saturated rings. The summed E-state index contributed by atoms with van der Waals surface area (Å²) in [5, 5.41) is 5.26. The fraction of sp³-hybridized carbons (Fsp3) is 0.429. The van der Waals surface area contributed by atoms with Gasteiger partial charge in [0.2, 0.25) is 11.8 Å². The minimum atomic E-state index is -0.666.